The highest BCUT2D eigenvalue weighted by Gasteiger charge is 2.14. The number of aromatic nitrogens is 1. The highest BCUT2D eigenvalue weighted by Crippen LogP contribution is 2.32. The van der Waals surface area contributed by atoms with Gasteiger partial charge in [-0.1, -0.05) is 18.2 Å². The van der Waals surface area contributed by atoms with E-state index in [-0.39, 0.29) is 12.1 Å². The maximum atomic E-state index is 12.8. The average Bonchev–Trinajstić information content (AvgIpc) is 2.56. The van der Waals surface area contributed by atoms with E-state index in [0.717, 1.165) is 5.39 Å². The third-order valence-electron chi connectivity index (χ3n) is 3.76. The lowest BCUT2D eigenvalue weighted by Gasteiger charge is -2.16. The fraction of sp³-hybridized carbons (Fsp3) is 0.389. The Hall–Kier alpha value is -2.02. The van der Waals surface area contributed by atoms with E-state index in [2.05, 4.69) is 11.9 Å². The number of methoxy groups -OCH3 is 2. The largest absolute Gasteiger partial charge is 0.493 e. The minimum absolute atomic E-state index is 0.167. The molecule has 1 aromatic carbocycles. The fourth-order valence-electron chi connectivity index (χ4n) is 2.64. The number of rotatable bonds is 8. The molecule has 0 saturated heterocycles. The molecule has 0 aliphatic carbocycles. The van der Waals surface area contributed by atoms with Gasteiger partial charge in [0, 0.05) is 35.1 Å². The summed E-state index contributed by atoms with van der Waals surface area (Å²) in [4.78, 5) is 12.8. The summed E-state index contributed by atoms with van der Waals surface area (Å²) in [6, 6.07) is 5.38. The number of halogens is 1. The van der Waals surface area contributed by atoms with Gasteiger partial charge in [0.1, 0.15) is 0 Å². The number of hydrogen-bond donors (Lipinski definition) is 2. The molecule has 1 heterocycles. The van der Waals surface area contributed by atoms with Crippen LogP contribution >= 0.6 is 11.6 Å². The summed E-state index contributed by atoms with van der Waals surface area (Å²) in [5, 5.41) is 13.6. The number of allylic oxidation sites excluding steroid dienone is 1. The van der Waals surface area contributed by atoms with E-state index < -0.39 is 6.10 Å². The summed E-state index contributed by atoms with van der Waals surface area (Å²) in [7, 11) is 3.10. The fourth-order valence-corrected chi connectivity index (χ4v) is 2.76. The molecule has 1 aromatic heterocycles. The van der Waals surface area contributed by atoms with Crippen molar-refractivity contribution < 1.29 is 14.6 Å². The lowest BCUT2D eigenvalue weighted by Crippen LogP contribution is -2.30. The molecule has 0 aliphatic heterocycles. The van der Waals surface area contributed by atoms with E-state index in [0.29, 0.717) is 40.7 Å². The van der Waals surface area contributed by atoms with Crippen LogP contribution in [-0.2, 0) is 13.1 Å². The Kier molecular flexibility index (Phi) is 6.47. The summed E-state index contributed by atoms with van der Waals surface area (Å²) >= 11 is 5.96. The number of ether oxygens (including phenoxy) is 2. The smallest absolute Gasteiger partial charge is 0.255 e. The molecule has 25 heavy (non-hydrogen) atoms. The van der Waals surface area contributed by atoms with Crippen molar-refractivity contribution in [2.75, 3.05) is 20.8 Å². The number of benzene rings is 1. The summed E-state index contributed by atoms with van der Waals surface area (Å²) in [5.41, 5.74) is 1.08. The zero-order valence-electron chi connectivity index (χ0n) is 14.6. The van der Waals surface area contributed by atoms with Gasteiger partial charge in [-0.15, -0.1) is 0 Å². The van der Waals surface area contributed by atoms with Crippen molar-refractivity contribution in [2.24, 2.45) is 0 Å². The first-order valence-electron chi connectivity index (χ1n) is 7.87. The molecule has 0 amide bonds. The Morgan fingerprint density at radius 1 is 1.32 bits per heavy atom. The SMILES string of the molecule is C=C(Cl)Cn1c(=O)c(CNC[C@H](C)O)cc2cc(OC)c(OC)cc21. The second-order valence-electron chi connectivity index (χ2n) is 5.82. The lowest BCUT2D eigenvalue weighted by atomic mass is 10.1. The maximum absolute atomic E-state index is 12.8. The van der Waals surface area contributed by atoms with Gasteiger partial charge in [0.25, 0.3) is 5.56 Å². The Bertz CT molecular complexity index is 830. The van der Waals surface area contributed by atoms with Crippen molar-refractivity contribution in [3.05, 3.63) is 45.7 Å². The molecule has 1 atom stereocenters. The number of hydrogen-bond acceptors (Lipinski definition) is 5. The topological polar surface area (TPSA) is 72.7 Å². The molecular weight excluding hydrogens is 344 g/mol. The van der Waals surface area contributed by atoms with Crippen LogP contribution in [0.25, 0.3) is 10.9 Å². The van der Waals surface area contributed by atoms with Crippen LogP contribution in [0.3, 0.4) is 0 Å². The molecule has 0 unspecified atom stereocenters. The van der Waals surface area contributed by atoms with Gasteiger partial charge in [-0.3, -0.25) is 4.79 Å². The molecule has 0 aliphatic rings. The monoisotopic (exact) mass is 366 g/mol. The first-order chi connectivity index (χ1) is 11.9. The Morgan fingerprint density at radius 3 is 2.52 bits per heavy atom. The molecule has 0 bridgehead atoms. The van der Waals surface area contributed by atoms with Crippen LogP contribution in [0.4, 0.5) is 0 Å². The molecule has 2 N–H and O–H groups in total. The van der Waals surface area contributed by atoms with Crippen molar-refractivity contribution in [2.45, 2.75) is 26.1 Å². The van der Waals surface area contributed by atoms with Gasteiger partial charge in [-0.25, -0.2) is 0 Å². The summed E-state index contributed by atoms with van der Waals surface area (Å²) < 4.78 is 12.2. The van der Waals surface area contributed by atoms with Crippen molar-refractivity contribution in [3.63, 3.8) is 0 Å². The number of nitrogens with one attached hydrogen (secondary N) is 1. The van der Waals surface area contributed by atoms with Gasteiger partial charge in [-0.2, -0.15) is 0 Å². The Balaban J connectivity index is 2.61. The third kappa shape index (κ3) is 4.54. The van der Waals surface area contributed by atoms with E-state index in [1.807, 2.05) is 12.1 Å². The Labute approximate surface area is 151 Å². The lowest BCUT2D eigenvalue weighted by molar-refractivity contribution is 0.191. The minimum atomic E-state index is -0.491. The normalized spacial score (nSPS) is 12.2. The predicted molar refractivity (Wildman–Crippen MR) is 99.7 cm³/mol. The molecule has 2 rings (SSSR count). The van der Waals surface area contributed by atoms with Crippen LogP contribution in [0.15, 0.2) is 34.6 Å². The minimum Gasteiger partial charge on any atom is -0.493 e. The first kappa shape index (κ1) is 19.3. The van der Waals surface area contributed by atoms with Gasteiger partial charge < -0.3 is 24.5 Å². The molecule has 0 fully saturated rings. The number of nitrogens with zero attached hydrogens (tertiary/aromatic N) is 1. The quantitative estimate of drug-likeness (QED) is 0.749. The zero-order valence-corrected chi connectivity index (χ0v) is 15.4. The van der Waals surface area contributed by atoms with E-state index in [4.69, 9.17) is 21.1 Å². The van der Waals surface area contributed by atoms with Crippen LogP contribution in [0.5, 0.6) is 11.5 Å². The van der Waals surface area contributed by atoms with Crippen molar-refractivity contribution >= 4 is 22.5 Å². The molecule has 0 radical (unpaired) electrons. The number of aliphatic hydroxyl groups is 1. The van der Waals surface area contributed by atoms with Gasteiger partial charge in [0.05, 0.1) is 32.4 Å². The van der Waals surface area contributed by atoms with Gasteiger partial charge >= 0.3 is 0 Å². The summed E-state index contributed by atoms with van der Waals surface area (Å²) in [5.74, 6) is 1.11. The highest BCUT2D eigenvalue weighted by molar-refractivity contribution is 6.29. The number of fused-ring (bicyclic) bond motifs is 1. The van der Waals surface area contributed by atoms with E-state index >= 15 is 0 Å². The van der Waals surface area contributed by atoms with Gasteiger partial charge in [-0.05, 0) is 19.1 Å². The van der Waals surface area contributed by atoms with Crippen LogP contribution in [0.1, 0.15) is 12.5 Å². The average molecular weight is 367 g/mol. The molecule has 0 spiro atoms. The highest BCUT2D eigenvalue weighted by atomic mass is 35.5. The van der Waals surface area contributed by atoms with E-state index in [9.17, 15) is 9.90 Å². The summed E-state index contributed by atoms with van der Waals surface area (Å²) in [6.07, 6.45) is -0.491. The molecule has 7 heteroatoms. The molecule has 0 saturated carbocycles. The van der Waals surface area contributed by atoms with Gasteiger partial charge in [0.15, 0.2) is 11.5 Å². The number of aliphatic hydroxyl groups excluding tert-OH is 1. The number of pyridine rings is 1. The van der Waals surface area contributed by atoms with E-state index in [1.54, 1.807) is 31.8 Å². The summed E-state index contributed by atoms with van der Waals surface area (Å²) in [6.45, 7) is 6.29. The van der Waals surface area contributed by atoms with E-state index in [1.165, 1.54) is 0 Å². The molecular formula is C18H23ClN2O4. The maximum Gasteiger partial charge on any atom is 0.255 e. The predicted octanol–water partition coefficient (Wildman–Crippen LogP) is 2.24. The zero-order chi connectivity index (χ0) is 18.6. The van der Waals surface area contributed by atoms with Crippen LogP contribution in [-0.4, -0.2) is 36.5 Å². The van der Waals surface area contributed by atoms with Gasteiger partial charge in [0.2, 0.25) is 0 Å². The standard InChI is InChI=1S/C18H23ClN2O4/c1-11(19)10-21-15-7-17(25-4)16(24-3)6-13(15)5-14(18(21)23)9-20-8-12(2)22/h5-7,12,20,22H,1,8-10H2,2-4H3/t12-/m0/s1. The molecule has 6 nitrogen and oxygen atoms in total. The van der Waals surface area contributed by atoms with Crippen LogP contribution in [0, 0.1) is 0 Å². The second kappa shape index (κ2) is 8.38. The van der Waals surface area contributed by atoms with Crippen LogP contribution < -0.4 is 20.3 Å². The molecule has 136 valence electrons. The van der Waals surface area contributed by atoms with Crippen LogP contribution in [0.2, 0.25) is 0 Å². The van der Waals surface area contributed by atoms with Crippen molar-refractivity contribution in [1.82, 2.24) is 9.88 Å². The Morgan fingerprint density at radius 2 is 1.96 bits per heavy atom. The van der Waals surface area contributed by atoms with Crippen molar-refractivity contribution in [1.29, 1.82) is 0 Å². The first-order valence-corrected chi connectivity index (χ1v) is 8.25. The van der Waals surface area contributed by atoms with Crippen molar-refractivity contribution in [3.8, 4) is 11.5 Å². The third-order valence-corrected chi connectivity index (χ3v) is 3.88. The second-order valence-corrected chi connectivity index (χ2v) is 6.36. The molecule has 2 aromatic rings.